The first-order chi connectivity index (χ1) is 67.1. The third-order valence-corrected chi connectivity index (χ3v) is 31.5. The minimum Gasteiger partial charge on any atom is -0.506 e. The van der Waals surface area contributed by atoms with Gasteiger partial charge in [0, 0.05) is 76.2 Å². The molecule has 1 aliphatic carbocycles. The molecule has 17 rings (SSSR count). The van der Waals surface area contributed by atoms with Gasteiger partial charge in [0.25, 0.3) is 45.9 Å². The lowest BCUT2D eigenvalue weighted by Gasteiger charge is -2.26. The predicted octanol–water partition coefficient (Wildman–Crippen LogP) is 12.0. The molecule has 5 unspecified atom stereocenters. The lowest BCUT2D eigenvalue weighted by molar-refractivity contribution is -0.120. The molecule has 0 bridgehead atoms. The lowest BCUT2D eigenvalue weighted by Crippen LogP contribution is -2.34. The van der Waals surface area contributed by atoms with Crippen molar-refractivity contribution in [1.29, 1.82) is 0 Å². The molecule has 12 aromatic rings. The molecule has 4 aliphatic heterocycles. The number of amidine groups is 4. The summed E-state index contributed by atoms with van der Waals surface area (Å²) in [5.41, 5.74) is 22.2. The van der Waals surface area contributed by atoms with Crippen LogP contribution < -0.4 is 107 Å². The average molecular weight is 2010 g/mol. The van der Waals surface area contributed by atoms with Crippen LogP contribution in [0.3, 0.4) is 0 Å². The second-order valence-electron chi connectivity index (χ2n) is 35.3. The van der Waals surface area contributed by atoms with Crippen molar-refractivity contribution in [3.8, 4) is 46.0 Å². The van der Waals surface area contributed by atoms with Crippen LogP contribution >= 0.6 is 30.1 Å². The standard InChI is InChI=1S/2C25H29N4O6P.C24H27N4O6P.C23H23N4O6P/c1-25(2,3)11-12-29-18-8-6-5-7-16(18)22(31)21(24(29)32)23-27-17-10-9-15(35-14-20(26)30)13-19(17)36(33,28-23)34-4;1-4-15(2)11-12-29-19-8-6-5-7-17(19)23(31)22(25(29)32)24-27-18-10-9-16(35-14-21(26)30)13-20(18)36(33,28-24)34-3;1-14(2)10-11-28-18-7-5-4-6-16(18)22(30)21(24(28)31)23-26-17-9-8-15(34-13-20(25)29)12-19(17)35(32,27-23)33-3;1-32-34(31)18-10-14(33-12-19(24)28)8-9-16(18)25-22(26-34)20-21(29)15-4-2-3-5-17(15)27(23(20)30)11-13-6-7-13/h5-10,13,31H,11-12,14H2,1-4H3,(H2,26,30)(H,27,28,33);5-10,13,15,31H,4,11-12,14H2,1-3H3,(H2,26,30)(H,27,28,33);4-9,12,14,30H,10-11,13H2,1-3H3,(H2,25,29)(H,26,27,32);2-5,8-10,13,29H,6-7,11-12H2,1H3,(H2,24,28)(H,25,26,31). The van der Waals surface area contributed by atoms with Gasteiger partial charge >= 0.3 is 30.1 Å². The first-order valence-corrected chi connectivity index (χ1v) is 51.1. The maximum absolute atomic E-state index is 13.7. The molecule has 0 saturated heterocycles. The Hall–Kier alpha value is -14.5. The highest BCUT2D eigenvalue weighted by atomic mass is 31.2. The van der Waals surface area contributed by atoms with E-state index >= 15 is 0 Å². The van der Waals surface area contributed by atoms with Crippen LogP contribution in [0.5, 0.6) is 46.0 Å². The molecule has 44 heteroatoms. The van der Waals surface area contributed by atoms with Crippen molar-refractivity contribution in [2.45, 2.75) is 113 Å². The average Bonchev–Trinajstić information content (AvgIpc) is 0.983. The topological polar surface area (TPSA) is 581 Å². The summed E-state index contributed by atoms with van der Waals surface area (Å²) in [6.07, 6.45) is 5.31. The van der Waals surface area contributed by atoms with Crippen molar-refractivity contribution in [2.24, 2.45) is 65.2 Å². The largest absolute Gasteiger partial charge is 0.506 e. The predicted molar refractivity (Wildman–Crippen MR) is 542 cm³/mol. The molecular weight excluding hydrogens is 1900 g/mol. The summed E-state index contributed by atoms with van der Waals surface area (Å²) in [5.74, 6) is -1.66. The van der Waals surface area contributed by atoms with Gasteiger partial charge < -0.3 is 120 Å². The maximum Gasteiger partial charge on any atom is 0.348 e. The fourth-order valence-corrected chi connectivity index (χ4v) is 22.0. The number of carbonyl (C=O) groups is 4. The molecule has 0 radical (unpaired) electrons. The van der Waals surface area contributed by atoms with E-state index in [0.29, 0.717) is 117 Å². The number of anilines is 4. The molecule has 0 spiro atoms. The zero-order chi connectivity index (χ0) is 102. The summed E-state index contributed by atoms with van der Waals surface area (Å²) in [5, 5.41) is 59.3. The van der Waals surface area contributed by atoms with Crippen molar-refractivity contribution in [3.05, 3.63) is 234 Å². The van der Waals surface area contributed by atoms with Crippen LogP contribution in [0.2, 0.25) is 0 Å². The number of rotatable bonds is 31. The van der Waals surface area contributed by atoms with Crippen LogP contribution in [0.1, 0.15) is 109 Å². The smallest absolute Gasteiger partial charge is 0.348 e. The van der Waals surface area contributed by atoms with Gasteiger partial charge in [0.05, 0.1) is 66.0 Å². The maximum atomic E-state index is 13.7. The minimum atomic E-state index is -3.87. The number of hydrogen-bond donors (Lipinski definition) is 12. The second kappa shape index (κ2) is 42.3. The molecule has 740 valence electrons. The van der Waals surface area contributed by atoms with E-state index in [-0.39, 0.29) is 145 Å². The Kier molecular flexibility index (Phi) is 30.7. The molecular formula is C97H108N16O24P4. The molecule has 8 heterocycles. The number of hydrogen-bond acceptors (Lipinski definition) is 28. The first-order valence-electron chi connectivity index (χ1n) is 44.8. The Morgan fingerprint density at radius 1 is 0.397 bits per heavy atom. The highest BCUT2D eigenvalue weighted by Crippen LogP contribution is 2.56. The number of primary amides is 4. The van der Waals surface area contributed by atoms with Gasteiger partial charge in [-0.05, 0) is 177 Å². The number of nitrogens with one attached hydrogen (secondary N) is 4. The Balaban J connectivity index is 0.000000150. The Bertz CT molecular complexity index is 7630. The molecule has 5 aliphatic rings. The highest BCUT2D eigenvalue weighted by Gasteiger charge is 2.42. The highest BCUT2D eigenvalue weighted by molar-refractivity contribution is 7.67. The third-order valence-electron chi connectivity index (χ3n) is 23.8. The molecule has 141 heavy (non-hydrogen) atoms. The van der Waals surface area contributed by atoms with E-state index < -0.39 is 75.9 Å². The number of benzene rings is 8. The minimum absolute atomic E-state index is 0.0296. The van der Waals surface area contributed by atoms with E-state index in [0.717, 1.165) is 32.1 Å². The normalized spacial score (nSPS) is 17.8. The van der Waals surface area contributed by atoms with Crippen LogP contribution in [0.4, 0.5) is 22.7 Å². The van der Waals surface area contributed by atoms with Crippen LogP contribution in [0.25, 0.3) is 43.6 Å². The van der Waals surface area contributed by atoms with Crippen molar-refractivity contribution in [2.75, 3.05) is 76.1 Å². The molecule has 1 fully saturated rings. The second-order valence-corrected chi connectivity index (χ2v) is 43.7. The third kappa shape index (κ3) is 22.1. The summed E-state index contributed by atoms with van der Waals surface area (Å²) in [7, 11) is -10.4. The zero-order valence-electron chi connectivity index (χ0n) is 78.9. The summed E-state index contributed by atoms with van der Waals surface area (Å²) in [6.45, 7) is 15.0. The monoisotopic (exact) mass is 2000 g/mol. The molecule has 40 nitrogen and oxygen atoms in total. The van der Waals surface area contributed by atoms with Crippen LogP contribution in [0, 0.1) is 23.2 Å². The van der Waals surface area contributed by atoms with E-state index in [4.69, 9.17) is 60.0 Å². The number of nitrogens with two attached hydrogens (primary N) is 4. The molecule has 5 atom stereocenters. The number of aromatic hydroxyl groups is 4. The van der Waals surface area contributed by atoms with Gasteiger partial charge in [0.1, 0.15) is 68.2 Å². The molecule has 16 N–H and O–H groups in total. The van der Waals surface area contributed by atoms with Gasteiger partial charge in [-0.25, -0.2) is 0 Å². The van der Waals surface area contributed by atoms with Gasteiger partial charge in [-0.2, -0.15) is 19.1 Å². The molecule has 8 aromatic carbocycles. The first kappa shape index (κ1) is 102. The quantitative estimate of drug-likeness (QED) is 0.0180. The van der Waals surface area contributed by atoms with Gasteiger partial charge in [0.15, 0.2) is 49.8 Å². The zero-order valence-corrected chi connectivity index (χ0v) is 82.5. The number of nitrogens with zero attached hydrogens (tertiary/aromatic N) is 8. The number of para-hydroxylation sites is 4. The van der Waals surface area contributed by atoms with Crippen molar-refractivity contribution in [1.82, 2.24) is 18.3 Å². The van der Waals surface area contributed by atoms with Gasteiger partial charge in [-0.15, -0.1) is 0 Å². The van der Waals surface area contributed by atoms with Crippen LogP contribution in [-0.2, 0) is 81.7 Å². The van der Waals surface area contributed by atoms with Crippen LogP contribution in [0.15, 0.2) is 208 Å². The van der Waals surface area contributed by atoms with E-state index in [9.17, 15) is 77.0 Å². The summed E-state index contributed by atoms with van der Waals surface area (Å²) in [4.78, 5) is 98.8. The van der Waals surface area contributed by atoms with Gasteiger partial charge in [0.2, 0.25) is 0 Å². The SMILES string of the molecule is CCC(C)CCn1c(=O)c(C2=NP(=O)(OC)c3cc(OCC(N)=O)ccc3N2)c(O)c2ccccc21.COP1(=O)N=C(c2c(O)c3ccccc3n(CC3CC3)c2=O)Nc2ccc(OCC(N)=O)cc21.COP1(=O)N=C(c2c(O)c3ccccc3n(CCC(C)(C)C)c2=O)Nc2ccc(OCC(N)=O)cc21.COP1(=O)N=C(c2c(O)c3ccccc3n(CCC(C)C)c2=O)Nc2ccc(OCC(N)=O)cc21. The van der Waals surface area contributed by atoms with Crippen LogP contribution in [-0.4, -0.2) is 141 Å². The number of ether oxygens (including phenoxy) is 4. The van der Waals surface area contributed by atoms with Crippen molar-refractivity contribution < 1.29 is 94.9 Å². The lowest BCUT2D eigenvalue weighted by atomic mass is 9.92. The Morgan fingerprint density at radius 2 is 0.652 bits per heavy atom. The molecule has 4 aromatic heterocycles. The molecule has 4 amide bonds. The Morgan fingerprint density at radius 3 is 0.901 bits per heavy atom. The van der Waals surface area contributed by atoms with E-state index in [2.05, 4.69) is 88.8 Å². The number of aromatic nitrogens is 4. The fourth-order valence-electron chi connectivity index (χ4n) is 15.9. The van der Waals surface area contributed by atoms with Crippen molar-refractivity contribution in [3.63, 3.8) is 0 Å². The number of aryl methyl sites for hydroxylation is 3. The summed E-state index contributed by atoms with van der Waals surface area (Å²) in [6, 6.07) is 46.6. The number of fused-ring (bicyclic) bond motifs is 8. The number of amides is 4. The number of carbonyl (C=O) groups excluding carboxylic acids is 4. The van der Waals surface area contributed by atoms with Gasteiger partial charge in [-0.1, -0.05) is 103 Å². The van der Waals surface area contributed by atoms with Crippen molar-refractivity contribution >= 4 is 165 Å². The van der Waals surface area contributed by atoms with E-state index in [1.54, 1.807) is 152 Å². The number of pyridine rings is 4. The van der Waals surface area contributed by atoms with E-state index in [1.807, 2.05) is 12.1 Å². The summed E-state index contributed by atoms with van der Waals surface area (Å²) < 4.78 is 121. The fraction of sp³-hybridized carbons (Fsp3) is 0.299. The van der Waals surface area contributed by atoms with Gasteiger partial charge in [-0.3, -0.25) is 56.6 Å². The molecule has 1 saturated carbocycles. The summed E-state index contributed by atoms with van der Waals surface area (Å²) >= 11 is 0. The Labute approximate surface area is 807 Å². The van der Waals surface area contributed by atoms with E-state index in [1.165, 1.54) is 52.7 Å².